The van der Waals surface area contributed by atoms with Crippen molar-refractivity contribution in [1.82, 2.24) is 10.3 Å². The number of ether oxygens (including phenoxy) is 1. The molecule has 0 spiro atoms. The van der Waals surface area contributed by atoms with Gasteiger partial charge in [-0.1, -0.05) is 0 Å². The minimum Gasteiger partial charge on any atom is -0.384 e. The van der Waals surface area contributed by atoms with Crippen molar-refractivity contribution < 1.29 is 9.53 Å². The minimum absolute atomic E-state index is 0.0138. The smallest absolute Gasteiger partial charge is 0.234 e. The van der Waals surface area contributed by atoms with Crippen LogP contribution in [-0.2, 0) is 9.53 Å². The van der Waals surface area contributed by atoms with E-state index in [-0.39, 0.29) is 5.91 Å². The summed E-state index contributed by atoms with van der Waals surface area (Å²) >= 11 is 0. The Balaban J connectivity index is 2.10. The fourth-order valence-electron chi connectivity index (χ4n) is 2.29. The zero-order valence-electron chi connectivity index (χ0n) is 10.8. The number of amides is 1. The summed E-state index contributed by atoms with van der Waals surface area (Å²) in [5.41, 5.74) is 1.22. The van der Waals surface area contributed by atoms with Crippen LogP contribution < -0.4 is 10.6 Å². The van der Waals surface area contributed by atoms with Gasteiger partial charge in [-0.2, -0.15) is 0 Å². The average molecular weight is 249 g/mol. The van der Waals surface area contributed by atoms with Gasteiger partial charge in [-0.15, -0.1) is 0 Å². The molecule has 1 atom stereocenters. The summed E-state index contributed by atoms with van der Waals surface area (Å²) in [6, 6.07) is 3.66. The normalized spacial score (nSPS) is 23.0. The second kappa shape index (κ2) is 5.46. The number of methoxy groups -OCH3 is 1. The lowest BCUT2D eigenvalue weighted by Gasteiger charge is -2.25. The van der Waals surface area contributed by atoms with Gasteiger partial charge in [0, 0.05) is 31.2 Å². The number of carbonyl (C=O) groups excluding carboxylic acids is 1. The summed E-state index contributed by atoms with van der Waals surface area (Å²) in [5.74, 6) is 0.0138. The fraction of sp³-hybridized carbons (Fsp3) is 0.538. The van der Waals surface area contributed by atoms with Crippen molar-refractivity contribution in [2.45, 2.75) is 13.3 Å². The molecule has 1 aromatic rings. The summed E-state index contributed by atoms with van der Waals surface area (Å²) in [5, 5.41) is 6.17. The monoisotopic (exact) mass is 249 g/mol. The second-order valence-corrected chi connectivity index (χ2v) is 4.78. The maximum atomic E-state index is 12.4. The summed E-state index contributed by atoms with van der Waals surface area (Å²) < 4.78 is 5.20. The predicted octanol–water partition coefficient (Wildman–Crippen LogP) is 0.955. The molecule has 1 aliphatic heterocycles. The Morgan fingerprint density at radius 1 is 1.67 bits per heavy atom. The molecule has 2 rings (SSSR count). The molecule has 0 bridgehead atoms. The lowest BCUT2D eigenvalue weighted by Crippen LogP contribution is -2.41. The highest BCUT2D eigenvalue weighted by Gasteiger charge is 2.41. The Kier molecular flexibility index (Phi) is 3.93. The number of anilines is 1. The predicted molar refractivity (Wildman–Crippen MR) is 69.4 cm³/mol. The van der Waals surface area contributed by atoms with E-state index in [1.165, 1.54) is 0 Å². The van der Waals surface area contributed by atoms with Crippen LogP contribution in [0.5, 0.6) is 0 Å². The third-order valence-corrected chi connectivity index (χ3v) is 3.30. The number of nitrogens with zero attached hydrogens (tertiary/aromatic N) is 1. The highest BCUT2D eigenvalue weighted by molar-refractivity contribution is 5.95. The van der Waals surface area contributed by atoms with Gasteiger partial charge in [0.1, 0.15) is 0 Å². The first-order valence-corrected chi connectivity index (χ1v) is 6.10. The molecule has 2 heterocycles. The number of aryl methyl sites for hydroxylation is 1. The lowest BCUT2D eigenvalue weighted by atomic mass is 9.87. The van der Waals surface area contributed by atoms with Crippen LogP contribution in [0.1, 0.15) is 12.1 Å². The van der Waals surface area contributed by atoms with Gasteiger partial charge in [-0.05, 0) is 32.0 Å². The van der Waals surface area contributed by atoms with E-state index in [2.05, 4.69) is 15.6 Å². The molecule has 1 fully saturated rings. The van der Waals surface area contributed by atoms with E-state index in [4.69, 9.17) is 4.74 Å². The molecule has 5 heteroatoms. The maximum Gasteiger partial charge on any atom is 0.234 e. The van der Waals surface area contributed by atoms with Crippen LogP contribution in [0.15, 0.2) is 18.3 Å². The minimum atomic E-state index is -0.452. The Hall–Kier alpha value is -1.46. The van der Waals surface area contributed by atoms with Gasteiger partial charge in [-0.25, -0.2) is 0 Å². The zero-order valence-corrected chi connectivity index (χ0v) is 10.8. The van der Waals surface area contributed by atoms with Crippen LogP contribution in [-0.4, -0.2) is 37.7 Å². The van der Waals surface area contributed by atoms with E-state index in [1.807, 2.05) is 13.0 Å². The second-order valence-electron chi connectivity index (χ2n) is 4.78. The number of aromatic nitrogens is 1. The van der Waals surface area contributed by atoms with Crippen molar-refractivity contribution in [2.24, 2.45) is 5.41 Å². The molecule has 5 nitrogen and oxygen atoms in total. The number of hydrogen-bond acceptors (Lipinski definition) is 4. The first kappa shape index (κ1) is 13.0. The van der Waals surface area contributed by atoms with Gasteiger partial charge in [-0.3, -0.25) is 9.78 Å². The van der Waals surface area contributed by atoms with Gasteiger partial charge in [0.25, 0.3) is 0 Å². The average Bonchev–Trinajstić information content (AvgIpc) is 2.79. The standard InChI is InChI=1S/C13H19N3O2/c1-10-7-11(3-5-15-10)16-12(17)13(9-18-2)4-6-14-8-13/h3,5,7,14H,4,6,8-9H2,1-2H3,(H,15,16,17). The third kappa shape index (κ3) is 2.68. The van der Waals surface area contributed by atoms with E-state index in [1.54, 1.807) is 19.4 Å². The highest BCUT2D eigenvalue weighted by Crippen LogP contribution is 2.27. The molecule has 0 aromatic carbocycles. The molecule has 1 unspecified atom stereocenters. The van der Waals surface area contributed by atoms with Crippen molar-refractivity contribution in [3.05, 3.63) is 24.0 Å². The molecule has 1 saturated heterocycles. The summed E-state index contributed by atoms with van der Waals surface area (Å²) in [7, 11) is 1.63. The highest BCUT2D eigenvalue weighted by atomic mass is 16.5. The van der Waals surface area contributed by atoms with Crippen molar-refractivity contribution in [1.29, 1.82) is 0 Å². The molecule has 0 radical (unpaired) electrons. The van der Waals surface area contributed by atoms with Gasteiger partial charge >= 0.3 is 0 Å². The summed E-state index contributed by atoms with van der Waals surface area (Å²) in [6.07, 6.45) is 2.50. The topological polar surface area (TPSA) is 63.2 Å². The number of carbonyl (C=O) groups is 1. The van der Waals surface area contributed by atoms with E-state index < -0.39 is 5.41 Å². The van der Waals surface area contributed by atoms with E-state index in [0.717, 1.165) is 24.3 Å². The quantitative estimate of drug-likeness (QED) is 0.834. The lowest BCUT2D eigenvalue weighted by molar-refractivity contribution is -0.127. The first-order valence-electron chi connectivity index (χ1n) is 6.10. The Morgan fingerprint density at radius 2 is 2.50 bits per heavy atom. The van der Waals surface area contributed by atoms with Crippen molar-refractivity contribution in [2.75, 3.05) is 32.1 Å². The van der Waals surface area contributed by atoms with Crippen LogP contribution in [0.2, 0.25) is 0 Å². The van der Waals surface area contributed by atoms with E-state index >= 15 is 0 Å². The first-order chi connectivity index (χ1) is 8.66. The third-order valence-electron chi connectivity index (χ3n) is 3.30. The van der Waals surface area contributed by atoms with Crippen LogP contribution in [0.3, 0.4) is 0 Å². The number of hydrogen-bond donors (Lipinski definition) is 2. The summed E-state index contributed by atoms with van der Waals surface area (Å²) in [4.78, 5) is 16.5. The molecule has 0 aliphatic carbocycles. The number of nitrogens with one attached hydrogen (secondary N) is 2. The van der Waals surface area contributed by atoms with Gasteiger partial charge in [0.05, 0.1) is 12.0 Å². The van der Waals surface area contributed by atoms with Gasteiger partial charge in [0.2, 0.25) is 5.91 Å². The van der Waals surface area contributed by atoms with Crippen molar-refractivity contribution in [3.63, 3.8) is 0 Å². The Labute approximate surface area is 107 Å². The van der Waals surface area contributed by atoms with Crippen LogP contribution >= 0.6 is 0 Å². The van der Waals surface area contributed by atoms with Crippen LogP contribution in [0, 0.1) is 12.3 Å². The van der Waals surface area contributed by atoms with Gasteiger partial charge in [0.15, 0.2) is 0 Å². The Bertz CT molecular complexity index is 428. The van der Waals surface area contributed by atoms with E-state index in [9.17, 15) is 4.79 Å². The zero-order chi connectivity index (χ0) is 13.0. The fourth-order valence-corrected chi connectivity index (χ4v) is 2.29. The van der Waals surface area contributed by atoms with Crippen molar-refractivity contribution >= 4 is 11.6 Å². The van der Waals surface area contributed by atoms with Gasteiger partial charge < -0.3 is 15.4 Å². The maximum absolute atomic E-state index is 12.4. The molecule has 0 saturated carbocycles. The van der Waals surface area contributed by atoms with E-state index in [0.29, 0.717) is 13.2 Å². The number of pyridine rings is 1. The molecular weight excluding hydrogens is 230 g/mol. The Morgan fingerprint density at radius 3 is 3.11 bits per heavy atom. The molecule has 1 amide bonds. The number of rotatable bonds is 4. The SMILES string of the molecule is COCC1(C(=O)Nc2ccnc(C)c2)CCNC1. The molecule has 2 N–H and O–H groups in total. The van der Waals surface area contributed by atoms with Crippen molar-refractivity contribution in [3.8, 4) is 0 Å². The molecule has 98 valence electrons. The molecular formula is C13H19N3O2. The van der Waals surface area contributed by atoms with Crippen LogP contribution in [0.25, 0.3) is 0 Å². The molecule has 1 aliphatic rings. The molecule has 1 aromatic heterocycles. The van der Waals surface area contributed by atoms with Crippen LogP contribution in [0.4, 0.5) is 5.69 Å². The molecule has 18 heavy (non-hydrogen) atoms. The largest absolute Gasteiger partial charge is 0.384 e. The summed E-state index contributed by atoms with van der Waals surface area (Å²) in [6.45, 7) is 3.86.